The third kappa shape index (κ3) is 9.27. The summed E-state index contributed by atoms with van der Waals surface area (Å²) < 4.78 is 5.35. The fourth-order valence-corrected chi connectivity index (χ4v) is 6.51. The Kier molecular flexibility index (Phi) is 11.9. The molecule has 0 aliphatic carbocycles. The Hall–Kier alpha value is -3.96. The fraction of sp³-hybridized carbons (Fsp3) is 0.333. The van der Waals surface area contributed by atoms with E-state index in [1.54, 1.807) is 18.4 Å². The average Bonchev–Trinajstić information content (AvgIpc) is 3.27. The van der Waals surface area contributed by atoms with Crippen LogP contribution in [0.15, 0.2) is 95.9 Å². The summed E-state index contributed by atoms with van der Waals surface area (Å²) in [5, 5.41) is 9.27. The maximum atomic E-state index is 5.35. The van der Waals surface area contributed by atoms with Crippen LogP contribution in [0.1, 0.15) is 74.6 Å². The number of amidine groups is 1. The Morgan fingerprint density at radius 2 is 1.59 bits per heavy atom. The van der Waals surface area contributed by atoms with Crippen LogP contribution in [0.5, 0.6) is 0 Å². The van der Waals surface area contributed by atoms with E-state index in [-0.39, 0.29) is 11.3 Å². The van der Waals surface area contributed by atoms with E-state index >= 15 is 0 Å². The van der Waals surface area contributed by atoms with Crippen LogP contribution in [-0.4, -0.2) is 26.2 Å². The van der Waals surface area contributed by atoms with E-state index in [2.05, 4.69) is 144 Å². The largest absolute Gasteiger partial charge is 0.502 e. The highest BCUT2D eigenvalue weighted by atomic mass is 32.1. The van der Waals surface area contributed by atoms with Gasteiger partial charge in [0.25, 0.3) is 0 Å². The maximum absolute atomic E-state index is 5.35. The van der Waals surface area contributed by atoms with Gasteiger partial charge in [-0.3, -0.25) is 0 Å². The number of methoxy groups -OCH3 is 1. The molecule has 44 heavy (non-hydrogen) atoms. The van der Waals surface area contributed by atoms with Crippen molar-refractivity contribution in [1.29, 1.82) is 0 Å². The summed E-state index contributed by atoms with van der Waals surface area (Å²) in [6, 6.07) is 17.4. The van der Waals surface area contributed by atoms with Crippen molar-refractivity contribution in [3.05, 3.63) is 113 Å². The molecule has 0 amide bonds. The predicted molar refractivity (Wildman–Crippen MR) is 196 cm³/mol. The third-order valence-corrected chi connectivity index (χ3v) is 8.86. The standard InChI is InChI=1S/C39H49N3OS/c1-26(24-39(8,9)10)13-14-33-15-17-35(18-16-33)36-21-19-34(20-22-36)30(5)37-29(4)31(6)44-38(37)42(32(7)41-40-11)25-27(2)23-28(3)43-12/h13-22,27H,1,3,5,11,23-25H2,2,4,6-10,12H3/b14-13+,41-32-. The Balaban J connectivity index is 1.87. The minimum Gasteiger partial charge on any atom is -0.502 e. The predicted octanol–water partition coefficient (Wildman–Crippen LogP) is 11.1. The third-order valence-electron chi connectivity index (χ3n) is 7.63. The number of thiophene rings is 1. The average molecular weight is 608 g/mol. The van der Waals surface area contributed by atoms with Gasteiger partial charge in [0, 0.05) is 30.1 Å². The van der Waals surface area contributed by atoms with Crippen molar-refractivity contribution >= 4 is 40.5 Å². The molecule has 1 heterocycles. The van der Waals surface area contributed by atoms with Crippen molar-refractivity contribution in [3.8, 4) is 11.1 Å². The van der Waals surface area contributed by atoms with E-state index < -0.39 is 0 Å². The minimum atomic E-state index is 0.236. The molecule has 3 rings (SSSR count). The fourth-order valence-electron chi connectivity index (χ4n) is 5.27. The Bertz CT molecular complexity index is 1550. The first-order valence-corrected chi connectivity index (χ1v) is 15.9. The van der Waals surface area contributed by atoms with E-state index in [0.717, 1.165) is 58.3 Å². The van der Waals surface area contributed by atoms with Crippen molar-refractivity contribution in [2.75, 3.05) is 18.6 Å². The number of allylic oxidation sites excluding steroid dienone is 3. The highest BCUT2D eigenvalue weighted by Crippen LogP contribution is 2.42. The Morgan fingerprint density at radius 1 is 1.00 bits per heavy atom. The summed E-state index contributed by atoms with van der Waals surface area (Å²) in [5.74, 6) is 1.84. The molecule has 0 radical (unpaired) electrons. The normalized spacial score (nSPS) is 12.7. The summed E-state index contributed by atoms with van der Waals surface area (Å²) in [6.07, 6.45) is 6.00. The lowest BCUT2D eigenvalue weighted by atomic mass is 9.88. The highest BCUT2D eigenvalue weighted by Gasteiger charge is 2.24. The van der Waals surface area contributed by atoms with Gasteiger partial charge in [0.1, 0.15) is 10.8 Å². The first-order valence-electron chi connectivity index (χ1n) is 15.1. The summed E-state index contributed by atoms with van der Waals surface area (Å²) in [5.41, 5.74) is 9.34. The SMILES string of the molecule is C=N/N=C(/C)N(CC(C)CC(=C)OC)c1sc(C)c(C)c1C(=C)c1ccc(-c2ccc(/C=C/C(=C)CC(C)(C)C)cc2)cc1. The number of nitrogens with zero attached hydrogens (tertiary/aromatic N) is 3. The van der Waals surface area contributed by atoms with Crippen molar-refractivity contribution in [2.24, 2.45) is 21.5 Å². The molecule has 232 valence electrons. The molecule has 1 unspecified atom stereocenters. The molecular weight excluding hydrogens is 559 g/mol. The zero-order chi connectivity index (χ0) is 32.6. The van der Waals surface area contributed by atoms with E-state index in [9.17, 15) is 0 Å². The van der Waals surface area contributed by atoms with Gasteiger partial charge in [0.15, 0.2) is 0 Å². The summed E-state index contributed by atoms with van der Waals surface area (Å²) in [4.78, 5) is 3.48. The van der Waals surface area contributed by atoms with Gasteiger partial charge in [-0.05, 0) is 71.9 Å². The molecule has 0 fully saturated rings. The molecule has 0 aliphatic rings. The maximum Gasteiger partial charge on any atom is 0.129 e. The molecule has 0 saturated carbocycles. The lowest BCUT2D eigenvalue weighted by molar-refractivity contribution is 0.265. The molecule has 0 spiro atoms. The van der Waals surface area contributed by atoms with Crippen molar-refractivity contribution < 1.29 is 4.74 Å². The number of hydrogen-bond acceptors (Lipinski definition) is 4. The van der Waals surface area contributed by atoms with Gasteiger partial charge >= 0.3 is 0 Å². The molecule has 4 nitrogen and oxygen atoms in total. The minimum absolute atomic E-state index is 0.236. The number of ether oxygens (including phenoxy) is 1. The Morgan fingerprint density at radius 3 is 2.14 bits per heavy atom. The highest BCUT2D eigenvalue weighted by molar-refractivity contribution is 7.16. The van der Waals surface area contributed by atoms with Crippen molar-refractivity contribution in [2.45, 2.75) is 61.3 Å². The van der Waals surface area contributed by atoms with Gasteiger partial charge in [-0.25, -0.2) is 0 Å². The molecule has 0 N–H and O–H groups in total. The molecule has 1 atom stereocenters. The number of hydrogen-bond donors (Lipinski definition) is 0. The van der Waals surface area contributed by atoms with Gasteiger partial charge in [-0.1, -0.05) is 114 Å². The summed E-state index contributed by atoms with van der Waals surface area (Å²) >= 11 is 1.76. The molecule has 0 aliphatic heterocycles. The monoisotopic (exact) mass is 607 g/mol. The topological polar surface area (TPSA) is 37.2 Å². The van der Waals surface area contributed by atoms with Gasteiger partial charge in [0.2, 0.25) is 0 Å². The van der Waals surface area contributed by atoms with Gasteiger partial charge < -0.3 is 9.64 Å². The number of anilines is 1. The van der Waals surface area contributed by atoms with Gasteiger partial charge in [-0.2, -0.15) is 5.10 Å². The van der Waals surface area contributed by atoms with E-state index in [1.807, 2.05) is 6.92 Å². The zero-order valence-corrected chi connectivity index (χ0v) is 28.8. The lowest BCUT2D eigenvalue weighted by Crippen LogP contribution is -2.33. The van der Waals surface area contributed by atoms with E-state index in [0.29, 0.717) is 0 Å². The first kappa shape index (κ1) is 34.5. The zero-order valence-electron chi connectivity index (χ0n) is 28.0. The van der Waals surface area contributed by atoms with Gasteiger partial charge in [0.05, 0.1) is 12.9 Å². The molecule has 5 heteroatoms. The van der Waals surface area contributed by atoms with Crippen LogP contribution >= 0.6 is 11.3 Å². The van der Waals surface area contributed by atoms with E-state index in [4.69, 9.17) is 4.74 Å². The molecule has 0 bridgehead atoms. The Labute approximate surface area is 269 Å². The van der Waals surface area contributed by atoms with Crippen LogP contribution in [-0.2, 0) is 4.74 Å². The van der Waals surface area contributed by atoms with Crippen LogP contribution < -0.4 is 4.90 Å². The molecule has 0 saturated heterocycles. The number of aryl methyl sites for hydroxylation is 1. The van der Waals surface area contributed by atoms with Crippen LogP contribution in [0, 0.1) is 25.2 Å². The second kappa shape index (κ2) is 15.2. The number of rotatable bonds is 13. The second-order valence-electron chi connectivity index (χ2n) is 12.8. The first-order chi connectivity index (χ1) is 20.7. The van der Waals surface area contributed by atoms with E-state index in [1.165, 1.54) is 27.1 Å². The molecule has 2 aromatic carbocycles. The van der Waals surface area contributed by atoms with Crippen LogP contribution in [0.25, 0.3) is 22.8 Å². The molecular formula is C39H49N3OS. The summed E-state index contributed by atoms with van der Waals surface area (Å²) in [6.45, 7) is 32.4. The molecule has 1 aromatic heterocycles. The van der Waals surface area contributed by atoms with Crippen molar-refractivity contribution in [3.63, 3.8) is 0 Å². The van der Waals surface area contributed by atoms with Crippen LogP contribution in [0.2, 0.25) is 0 Å². The van der Waals surface area contributed by atoms with Crippen molar-refractivity contribution in [1.82, 2.24) is 0 Å². The summed E-state index contributed by atoms with van der Waals surface area (Å²) in [7, 11) is 1.67. The van der Waals surface area contributed by atoms with Gasteiger partial charge in [-0.15, -0.1) is 16.4 Å². The lowest BCUT2D eigenvalue weighted by Gasteiger charge is -2.28. The van der Waals surface area contributed by atoms with Crippen LogP contribution in [0.3, 0.4) is 0 Å². The van der Waals surface area contributed by atoms with Crippen LogP contribution in [0.4, 0.5) is 5.00 Å². The quantitative estimate of drug-likeness (QED) is 0.0637. The number of benzene rings is 2. The second-order valence-corrected chi connectivity index (χ2v) is 14.0. The smallest absolute Gasteiger partial charge is 0.129 e. The molecule has 3 aromatic rings.